The van der Waals surface area contributed by atoms with Crippen molar-refractivity contribution in [1.29, 1.82) is 0 Å². The molecular formula is C57H82ClN3O14S2. The van der Waals surface area contributed by atoms with Crippen LogP contribution in [0.25, 0.3) is 0 Å². The van der Waals surface area contributed by atoms with Crippen LogP contribution in [0, 0.1) is 13.8 Å². The first-order chi connectivity index (χ1) is 34.4. The van der Waals surface area contributed by atoms with Gasteiger partial charge >= 0.3 is 23.9 Å². The number of fused-ring (bicyclic) bond motifs is 2. The van der Waals surface area contributed by atoms with Crippen LogP contribution in [0.15, 0.2) is 82.8 Å². The largest absolute Gasteiger partial charge is 0.474 e. The molecule has 0 radical (unpaired) electrons. The van der Waals surface area contributed by atoms with E-state index in [0.717, 1.165) is 35.1 Å². The van der Waals surface area contributed by atoms with Crippen molar-refractivity contribution in [1.82, 2.24) is 9.97 Å². The second-order valence-electron chi connectivity index (χ2n) is 22.4. The van der Waals surface area contributed by atoms with Crippen LogP contribution in [-0.4, -0.2) is 91.8 Å². The predicted molar refractivity (Wildman–Crippen MR) is 298 cm³/mol. The first kappa shape index (κ1) is 67.3. The number of anilines is 1. The van der Waals surface area contributed by atoms with Gasteiger partial charge in [0.2, 0.25) is 11.8 Å². The van der Waals surface area contributed by atoms with Gasteiger partial charge in [-0.25, -0.2) is 26.8 Å². The summed E-state index contributed by atoms with van der Waals surface area (Å²) >= 11 is 0. The number of esters is 4. The van der Waals surface area contributed by atoms with Gasteiger partial charge in [-0.05, 0) is 181 Å². The van der Waals surface area contributed by atoms with Gasteiger partial charge in [0.25, 0.3) is 19.1 Å². The van der Waals surface area contributed by atoms with Crippen LogP contribution < -0.4 is 13.8 Å². The Hall–Kier alpha value is -5.79. The summed E-state index contributed by atoms with van der Waals surface area (Å²) in [6.07, 6.45) is 5.44. The average Bonchev–Trinajstić information content (AvgIpc) is 3.25. The van der Waals surface area contributed by atoms with Gasteiger partial charge in [-0.3, -0.25) is 23.5 Å². The highest BCUT2D eigenvalue weighted by Gasteiger charge is 2.37. The van der Waals surface area contributed by atoms with Gasteiger partial charge in [-0.1, -0.05) is 39.1 Å². The van der Waals surface area contributed by atoms with Crippen LogP contribution in [0.5, 0.6) is 11.8 Å². The minimum atomic E-state index is -3.99. The Balaban J connectivity index is 0.000000442. The molecule has 2 aliphatic rings. The number of halogens is 1. The van der Waals surface area contributed by atoms with Crippen LogP contribution in [0.1, 0.15) is 158 Å². The van der Waals surface area contributed by atoms with Crippen LogP contribution in [0.3, 0.4) is 0 Å². The number of aryl methyl sites for hydroxylation is 3. The summed E-state index contributed by atoms with van der Waals surface area (Å²) in [5.74, 6) is -0.619. The van der Waals surface area contributed by atoms with E-state index in [1.165, 1.54) is 28.7 Å². The minimum absolute atomic E-state index is 0. The fourth-order valence-corrected chi connectivity index (χ4v) is 9.92. The van der Waals surface area contributed by atoms with Crippen LogP contribution >= 0.6 is 10.7 Å². The lowest BCUT2D eigenvalue weighted by atomic mass is 10.00. The van der Waals surface area contributed by atoms with Gasteiger partial charge in [-0.2, -0.15) is 0 Å². The van der Waals surface area contributed by atoms with Crippen molar-refractivity contribution < 1.29 is 64.4 Å². The number of carbonyl (C=O) groups is 4. The number of aromatic nitrogens is 2. The Bertz CT molecular complexity index is 2880. The molecule has 0 amide bonds. The molecule has 0 bridgehead atoms. The Morgan fingerprint density at radius 3 is 1.47 bits per heavy atom. The molecule has 4 aromatic rings. The summed E-state index contributed by atoms with van der Waals surface area (Å²) in [6.45, 7) is 25.4. The Labute approximate surface area is 462 Å². The normalized spacial score (nSPS) is 15.2. The maximum absolute atomic E-state index is 13.8. The van der Waals surface area contributed by atoms with Crippen molar-refractivity contribution >= 4 is 59.3 Å². The minimum Gasteiger partial charge on any atom is -0.474 e. The Morgan fingerprint density at radius 1 is 0.597 bits per heavy atom. The number of hydrogen-bond donors (Lipinski definition) is 0. The van der Waals surface area contributed by atoms with Gasteiger partial charge in [-0.15, -0.1) is 0 Å². The van der Waals surface area contributed by atoms with E-state index >= 15 is 0 Å². The average molecular weight is 1130 g/mol. The molecule has 2 aromatic heterocycles. The highest BCUT2D eigenvalue weighted by atomic mass is 35.7. The van der Waals surface area contributed by atoms with Gasteiger partial charge in [0, 0.05) is 41.5 Å². The molecule has 0 aliphatic carbocycles. The van der Waals surface area contributed by atoms with Crippen LogP contribution in [0.4, 0.5) is 5.69 Å². The molecule has 0 spiro atoms. The van der Waals surface area contributed by atoms with E-state index in [1.54, 1.807) is 72.0 Å². The van der Waals surface area contributed by atoms with Crippen LogP contribution in [-0.2, 0) is 76.5 Å². The van der Waals surface area contributed by atoms with E-state index in [9.17, 15) is 36.0 Å². The molecule has 17 nitrogen and oxygen atoms in total. The predicted octanol–water partition coefficient (Wildman–Crippen LogP) is 11.3. The van der Waals surface area contributed by atoms with E-state index < -0.39 is 59.5 Å². The molecule has 2 aliphatic heterocycles. The van der Waals surface area contributed by atoms with Crippen molar-refractivity contribution in [2.24, 2.45) is 0 Å². The highest BCUT2D eigenvalue weighted by Crippen LogP contribution is 2.38. The highest BCUT2D eigenvalue weighted by molar-refractivity contribution is 8.13. The standard InChI is InChI=1S/C27H36N2O7S.C21H31NO5.C7H7ClO2S.2CH4/c1-18-9-8-10-21(13-18)37(32,33)29-17-20(11-12-23(30)35-26(2,3)4)34-25-22(29)14-19(16-28-25)15-24(31)36-27(5,6)7;1-20(2,3)26-17(23)10-9-16-8-7-15-11-14(13-22-19(15)25-16)12-18(24)27-21(4,5)6;1-6-3-2-4-7(5-6)11(8,9)10;;/h8-10,13-14,16,20H,11-12,15,17H2,1-7H3;11,13,16H,7-10,12H2,1-6H3;2-5H,1H3;2*1H4/t20-;16-;;;/m01.../s1. The number of carbonyl (C=O) groups excluding carboxylic acids is 4. The second-order valence-corrected chi connectivity index (χ2v) is 26.8. The van der Waals surface area contributed by atoms with Crippen molar-refractivity contribution in [2.45, 2.75) is 208 Å². The number of nitrogens with zero attached hydrogens (tertiary/aromatic N) is 3. The number of sulfonamides is 1. The van der Waals surface area contributed by atoms with E-state index in [2.05, 4.69) is 9.97 Å². The maximum Gasteiger partial charge on any atom is 0.310 e. The van der Waals surface area contributed by atoms with Crippen molar-refractivity contribution in [3.63, 3.8) is 0 Å². The molecule has 2 aromatic carbocycles. The molecule has 0 saturated heterocycles. The molecule has 0 N–H and O–H groups in total. The summed E-state index contributed by atoms with van der Waals surface area (Å²) in [7, 11) is -2.44. The Kier molecular flexibility index (Phi) is 24.2. The molecule has 2 atom stereocenters. The number of rotatable bonds is 13. The number of pyridine rings is 2. The summed E-state index contributed by atoms with van der Waals surface area (Å²) < 4.78 is 83.6. The smallest absolute Gasteiger partial charge is 0.310 e. The summed E-state index contributed by atoms with van der Waals surface area (Å²) in [4.78, 5) is 57.4. The molecule has 4 heterocycles. The third-order valence-corrected chi connectivity index (χ3v) is 13.5. The molecule has 0 saturated carbocycles. The number of benzene rings is 2. The van der Waals surface area contributed by atoms with Gasteiger partial charge in [0.1, 0.15) is 40.3 Å². The quantitative estimate of drug-likeness (QED) is 0.0690. The zero-order chi connectivity index (χ0) is 56.3. The lowest BCUT2D eigenvalue weighted by Gasteiger charge is -2.35. The molecule has 0 fully saturated rings. The first-order valence-corrected chi connectivity index (χ1v) is 28.5. The maximum atomic E-state index is 13.8. The van der Waals surface area contributed by atoms with Crippen LogP contribution in [0.2, 0.25) is 0 Å². The molecular weight excluding hydrogens is 1050 g/mol. The van der Waals surface area contributed by atoms with Gasteiger partial charge in [0.05, 0.1) is 29.2 Å². The van der Waals surface area contributed by atoms with Gasteiger partial charge < -0.3 is 28.4 Å². The SMILES string of the molecule is C.C.CC(C)(C)OC(=O)CC[C@H]1CCc2cc(CC(=O)OC(C)(C)C)cnc2O1.Cc1cccc(S(=O)(=O)Cl)c1.Cc1cccc(S(=O)(=O)N2C[C@H](CCC(=O)OC(C)(C)C)Oc3ncc(CC(=O)OC(C)(C)C)cc32)c1. The van der Waals surface area contributed by atoms with E-state index in [-0.39, 0.29) is 86.5 Å². The van der Waals surface area contributed by atoms with E-state index in [0.29, 0.717) is 24.3 Å². The van der Waals surface area contributed by atoms with E-state index in [4.69, 9.17) is 39.1 Å². The molecule has 0 unspecified atom stereocenters. The van der Waals surface area contributed by atoms with Gasteiger partial charge in [0.15, 0.2) is 0 Å². The van der Waals surface area contributed by atoms with Crippen molar-refractivity contribution in [2.75, 3.05) is 10.8 Å². The zero-order valence-electron chi connectivity index (χ0n) is 45.7. The lowest BCUT2D eigenvalue weighted by Crippen LogP contribution is -2.44. The van der Waals surface area contributed by atoms with E-state index in [1.807, 2.05) is 73.6 Å². The third kappa shape index (κ3) is 23.8. The zero-order valence-corrected chi connectivity index (χ0v) is 48.1. The second kappa shape index (κ2) is 27.7. The molecule has 20 heteroatoms. The van der Waals surface area contributed by atoms with Crippen molar-refractivity contribution in [3.8, 4) is 11.8 Å². The molecule has 77 heavy (non-hydrogen) atoms. The number of ether oxygens (including phenoxy) is 6. The summed E-state index contributed by atoms with van der Waals surface area (Å²) in [5, 5.41) is 0. The fraction of sp³-hybridized carbons (Fsp3) is 0.544. The van der Waals surface area contributed by atoms with Crippen molar-refractivity contribution in [3.05, 3.63) is 101 Å². The summed E-state index contributed by atoms with van der Waals surface area (Å²) in [6, 6.07) is 16.6. The fourth-order valence-electron chi connectivity index (χ4n) is 7.47. The third-order valence-electron chi connectivity index (χ3n) is 10.4. The monoisotopic (exact) mass is 1130 g/mol. The number of hydrogen-bond acceptors (Lipinski definition) is 16. The molecule has 428 valence electrons. The topological polar surface area (TPSA) is 221 Å². The molecule has 6 rings (SSSR count). The first-order valence-electron chi connectivity index (χ1n) is 24.7. The lowest BCUT2D eigenvalue weighted by molar-refractivity contribution is -0.156. The Morgan fingerprint density at radius 2 is 1.01 bits per heavy atom. The summed E-state index contributed by atoms with van der Waals surface area (Å²) in [5.41, 5.74) is 1.98.